The van der Waals surface area contributed by atoms with Gasteiger partial charge in [-0.25, -0.2) is 9.78 Å². The maximum Gasteiger partial charge on any atom is 0.315 e. The van der Waals surface area contributed by atoms with E-state index in [-0.39, 0.29) is 6.03 Å². The Bertz CT molecular complexity index is 727. The summed E-state index contributed by atoms with van der Waals surface area (Å²) in [5.41, 5.74) is 3.33. The highest BCUT2D eigenvalue weighted by atomic mass is 32.2. The molecule has 0 radical (unpaired) electrons. The molecule has 1 aliphatic rings. The van der Waals surface area contributed by atoms with Crippen LogP contribution >= 0.6 is 11.8 Å². The van der Waals surface area contributed by atoms with Crippen molar-refractivity contribution in [3.63, 3.8) is 0 Å². The molecule has 1 fully saturated rings. The van der Waals surface area contributed by atoms with Gasteiger partial charge in [-0.15, -0.1) is 0 Å². The van der Waals surface area contributed by atoms with Crippen molar-refractivity contribution in [3.8, 4) is 0 Å². The maximum absolute atomic E-state index is 12.0. The number of rotatable bonds is 6. The summed E-state index contributed by atoms with van der Waals surface area (Å²) in [5.74, 6) is 3.28. The molecule has 2 aromatic rings. The van der Waals surface area contributed by atoms with Gasteiger partial charge in [0.15, 0.2) is 0 Å². The molecular formula is C20H27N5OS. The molecule has 2 amide bonds. The zero-order valence-corrected chi connectivity index (χ0v) is 16.8. The smallest absolute Gasteiger partial charge is 0.315 e. The lowest BCUT2D eigenvalue weighted by Crippen LogP contribution is -2.34. The van der Waals surface area contributed by atoms with Crippen LogP contribution in [0, 0.1) is 0 Å². The Labute approximate surface area is 165 Å². The molecule has 1 aliphatic heterocycles. The van der Waals surface area contributed by atoms with Crippen molar-refractivity contribution in [3.05, 3.63) is 53.7 Å². The topological polar surface area (TPSA) is 60.5 Å². The van der Waals surface area contributed by atoms with Crippen molar-refractivity contribution in [2.75, 3.05) is 48.5 Å². The molecule has 27 heavy (non-hydrogen) atoms. The first-order chi connectivity index (χ1) is 13.1. The summed E-state index contributed by atoms with van der Waals surface area (Å²) < 4.78 is 0. The summed E-state index contributed by atoms with van der Waals surface area (Å²) >= 11 is 2.01. The van der Waals surface area contributed by atoms with Gasteiger partial charge in [-0.3, -0.25) is 0 Å². The largest absolute Gasteiger partial charge is 0.370 e. The van der Waals surface area contributed by atoms with Crippen molar-refractivity contribution in [1.82, 2.24) is 15.6 Å². The zero-order valence-electron chi connectivity index (χ0n) is 15.9. The second-order valence-corrected chi connectivity index (χ2v) is 7.95. The molecule has 6 nitrogen and oxygen atoms in total. The summed E-state index contributed by atoms with van der Waals surface area (Å²) in [5, 5.41) is 5.77. The third kappa shape index (κ3) is 5.79. The number of amides is 2. The van der Waals surface area contributed by atoms with Gasteiger partial charge in [0, 0.05) is 63.7 Å². The maximum atomic E-state index is 12.0. The predicted octanol–water partition coefficient (Wildman–Crippen LogP) is 2.70. The Morgan fingerprint density at radius 2 is 1.67 bits per heavy atom. The molecule has 0 bridgehead atoms. The van der Waals surface area contributed by atoms with Crippen LogP contribution in [0.5, 0.6) is 0 Å². The van der Waals surface area contributed by atoms with Crippen molar-refractivity contribution in [1.29, 1.82) is 0 Å². The minimum absolute atomic E-state index is 0.177. The van der Waals surface area contributed by atoms with E-state index in [0.717, 1.165) is 30.0 Å². The predicted molar refractivity (Wildman–Crippen MR) is 114 cm³/mol. The van der Waals surface area contributed by atoms with Crippen molar-refractivity contribution in [2.24, 2.45) is 0 Å². The average Bonchev–Trinajstić information content (AvgIpc) is 2.72. The Hall–Kier alpha value is -2.41. The van der Waals surface area contributed by atoms with Crippen LogP contribution < -0.4 is 20.4 Å². The Kier molecular flexibility index (Phi) is 6.81. The summed E-state index contributed by atoms with van der Waals surface area (Å²) in [7, 11) is 3.90. The van der Waals surface area contributed by atoms with E-state index in [1.54, 1.807) is 6.20 Å². The van der Waals surface area contributed by atoms with Crippen LogP contribution in [0.2, 0.25) is 0 Å². The van der Waals surface area contributed by atoms with Gasteiger partial charge in [0.2, 0.25) is 0 Å². The molecule has 7 heteroatoms. The molecule has 1 saturated heterocycles. The quantitative estimate of drug-likeness (QED) is 0.801. The highest BCUT2D eigenvalue weighted by Gasteiger charge is 2.10. The Balaban J connectivity index is 1.42. The first kappa shape index (κ1) is 19.4. The van der Waals surface area contributed by atoms with Crippen LogP contribution in [0.4, 0.5) is 16.3 Å². The van der Waals surface area contributed by atoms with Crippen molar-refractivity contribution < 1.29 is 4.79 Å². The molecule has 2 heterocycles. The van der Waals surface area contributed by atoms with E-state index >= 15 is 0 Å². The number of aromatic nitrogens is 1. The second-order valence-electron chi connectivity index (χ2n) is 6.72. The summed E-state index contributed by atoms with van der Waals surface area (Å²) in [6.07, 6.45) is 1.79. The number of urea groups is 1. The minimum atomic E-state index is -0.177. The van der Waals surface area contributed by atoms with Crippen LogP contribution in [0.15, 0.2) is 42.6 Å². The van der Waals surface area contributed by atoms with Gasteiger partial charge in [0.25, 0.3) is 0 Å². The highest BCUT2D eigenvalue weighted by molar-refractivity contribution is 7.99. The van der Waals surface area contributed by atoms with Gasteiger partial charge in [0.1, 0.15) is 5.82 Å². The van der Waals surface area contributed by atoms with Crippen LogP contribution in [0.3, 0.4) is 0 Å². The van der Waals surface area contributed by atoms with E-state index in [0.29, 0.717) is 13.1 Å². The minimum Gasteiger partial charge on any atom is -0.370 e. The third-order valence-corrected chi connectivity index (χ3v) is 5.43. The normalized spacial score (nSPS) is 13.9. The number of anilines is 2. The lowest BCUT2D eigenvalue weighted by Gasteiger charge is -2.28. The fourth-order valence-electron chi connectivity index (χ4n) is 2.86. The number of hydrogen-bond acceptors (Lipinski definition) is 5. The highest BCUT2D eigenvalue weighted by Crippen LogP contribution is 2.19. The molecule has 3 rings (SSSR count). The van der Waals surface area contributed by atoms with E-state index in [4.69, 9.17) is 0 Å². The van der Waals surface area contributed by atoms with Crippen LogP contribution in [0.25, 0.3) is 0 Å². The molecule has 0 unspecified atom stereocenters. The monoisotopic (exact) mass is 385 g/mol. The molecule has 0 atom stereocenters. The number of hydrogen-bond donors (Lipinski definition) is 2. The third-order valence-electron chi connectivity index (χ3n) is 4.49. The van der Waals surface area contributed by atoms with E-state index in [9.17, 15) is 4.79 Å². The van der Waals surface area contributed by atoms with E-state index < -0.39 is 0 Å². The fourth-order valence-corrected chi connectivity index (χ4v) is 3.76. The first-order valence-electron chi connectivity index (χ1n) is 9.17. The van der Waals surface area contributed by atoms with Gasteiger partial charge in [-0.2, -0.15) is 11.8 Å². The first-order valence-corrected chi connectivity index (χ1v) is 10.3. The zero-order chi connectivity index (χ0) is 19.1. The fraction of sp³-hybridized carbons (Fsp3) is 0.400. The number of pyridine rings is 1. The molecule has 144 valence electrons. The second kappa shape index (κ2) is 9.50. The van der Waals surface area contributed by atoms with Gasteiger partial charge in [-0.1, -0.05) is 18.2 Å². The number of nitrogens with zero attached hydrogens (tertiary/aromatic N) is 3. The molecule has 0 aliphatic carbocycles. The number of thioether (sulfide) groups is 1. The van der Waals surface area contributed by atoms with Gasteiger partial charge < -0.3 is 20.4 Å². The summed E-state index contributed by atoms with van der Waals surface area (Å²) in [6, 6.07) is 12.2. The number of nitrogens with one attached hydrogen (secondary N) is 2. The van der Waals surface area contributed by atoms with E-state index in [2.05, 4.69) is 44.8 Å². The Morgan fingerprint density at radius 1 is 1.04 bits per heavy atom. The van der Waals surface area contributed by atoms with Gasteiger partial charge in [-0.05, 0) is 29.3 Å². The van der Waals surface area contributed by atoms with Crippen molar-refractivity contribution >= 4 is 29.3 Å². The average molecular weight is 386 g/mol. The van der Waals surface area contributed by atoms with Crippen LogP contribution in [-0.4, -0.2) is 49.7 Å². The molecule has 0 spiro atoms. The Morgan fingerprint density at radius 3 is 2.26 bits per heavy atom. The van der Waals surface area contributed by atoms with Crippen LogP contribution in [0.1, 0.15) is 11.1 Å². The number of carbonyl (C=O) groups is 1. The molecule has 0 saturated carbocycles. The molecular weight excluding hydrogens is 358 g/mol. The summed E-state index contributed by atoms with van der Waals surface area (Å²) in [6.45, 7) is 3.18. The van der Waals surface area contributed by atoms with Gasteiger partial charge >= 0.3 is 6.03 Å². The number of benzene rings is 1. The van der Waals surface area contributed by atoms with Crippen LogP contribution in [-0.2, 0) is 13.1 Å². The SMILES string of the molecule is CN(C)c1ccc(CNC(=O)NCc2ccc(N3CCSCC3)cc2)cn1. The van der Waals surface area contributed by atoms with E-state index in [1.807, 2.05) is 42.9 Å². The van der Waals surface area contributed by atoms with Crippen molar-refractivity contribution in [2.45, 2.75) is 13.1 Å². The molecule has 1 aromatic carbocycles. The number of carbonyl (C=O) groups excluding carboxylic acids is 1. The summed E-state index contributed by atoms with van der Waals surface area (Å²) in [4.78, 5) is 20.7. The lowest BCUT2D eigenvalue weighted by atomic mass is 10.2. The van der Waals surface area contributed by atoms with Gasteiger partial charge in [0.05, 0.1) is 0 Å². The van der Waals surface area contributed by atoms with E-state index in [1.165, 1.54) is 17.2 Å². The standard InChI is InChI=1S/C20H27N5OS/c1-24(2)19-8-5-17(14-21-19)15-23-20(26)22-13-16-3-6-18(7-4-16)25-9-11-27-12-10-25/h3-8,14H,9-13,15H2,1-2H3,(H2,22,23,26). The lowest BCUT2D eigenvalue weighted by molar-refractivity contribution is 0.240. The molecule has 1 aromatic heterocycles. The molecule has 2 N–H and O–H groups in total.